The average Bonchev–Trinajstić information content (AvgIpc) is 2.05. The van der Waals surface area contributed by atoms with Gasteiger partial charge in [0.15, 0.2) is 0 Å². The van der Waals surface area contributed by atoms with Crippen molar-refractivity contribution in [1.29, 1.82) is 0 Å². The third-order valence-electron chi connectivity index (χ3n) is 1.52. The average molecular weight is 183 g/mol. The summed E-state index contributed by atoms with van der Waals surface area (Å²) in [5, 5.41) is 4.78. The Balaban J connectivity index is 2.95. The third kappa shape index (κ3) is 2.24. The van der Waals surface area contributed by atoms with Gasteiger partial charge >= 0.3 is 0 Å². The van der Waals surface area contributed by atoms with Crippen LogP contribution >= 0.6 is 11.6 Å². The SMILES string of the molecule is CN/N=C(/C)c1cccc(Cl)c1. The Bertz CT molecular complexity index is 294. The molecule has 1 aromatic carbocycles. The second-order valence-corrected chi connectivity index (χ2v) is 2.87. The van der Waals surface area contributed by atoms with Crippen molar-refractivity contribution in [3.05, 3.63) is 34.9 Å². The summed E-state index contributed by atoms with van der Waals surface area (Å²) in [6, 6.07) is 7.61. The Morgan fingerprint density at radius 3 is 2.83 bits per heavy atom. The number of benzene rings is 1. The molecule has 0 atom stereocenters. The van der Waals surface area contributed by atoms with E-state index < -0.39 is 0 Å². The summed E-state index contributed by atoms with van der Waals surface area (Å²) in [6.07, 6.45) is 0. The van der Waals surface area contributed by atoms with Crippen LogP contribution in [0.3, 0.4) is 0 Å². The molecule has 0 radical (unpaired) electrons. The molecular formula is C9H11ClN2. The Labute approximate surface area is 77.2 Å². The fourth-order valence-electron chi connectivity index (χ4n) is 0.946. The summed E-state index contributed by atoms with van der Waals surface area (Å²) in [6.45, 7) is 1.93. The summed E-state index contributed by atoms with van der Waals surface area (Å²) in [5.74, 6) is 0. The molecule has 0 saturated heterocycles. The highest BCUT2D eigenvalue weighted by Crippen LogP contribution is 2.10. The molecule has 0 bridgehead atoms. The molecule has 1 rings (SSSR count). The highest BCUT2D eigenvalue weighted by atomic mass is 35.5. The van der Waals surface area contributed by atoms with E-state index in [0.29, 0.717) is 0 Å². The first-order chi connectivity index (χ1) is 5.74. The van der Waals surface area contributed by atoms with E-state index in [0.717, 1.165) is 16.3 Å². The summed E-state index contributed by atoms with van der Waals surface area (Å²) in [5.41, 5.74) is 4.70. The van der Waals surface area contributed by atoms with Crippen LogP contribution in [0.2, 0.25) is 5.02 Å². The Hall–Kier alpha value is -1.02. The molecule has 0 aromatic heterocycles. The molecular weight excluding hydrogens is 172 g/mol. The largest absolute Gasteiger partial charge is 0.313 e. The van der Waals surface area contributed by atoms with Gasteiger partial charge in [0.05, 0.1) is 5.71 Å². The third-order valence-corrected chi connectivity index (χ3v) is 1.76. The molecule has 3 heteroatoms. The maximum atomic E-state index is 5.81. The van der Waals surface area contributed by atoms with Gasteiger partial charge in [-0.25, -0.2) is 0 Å². The standard InChI is InChI=1S/C9H11ClN2/c1-7(12-11-2)8-4-3-5-9(10)6-8/h3-6,11H,1-2H3/b12-7-. The van der Waals surface area contributed by atoms with Crippen molar-refractivity contribution in [2.75, 3.05) is 7.05 Å². The van der Waals surface area contributed by atoms with Gasteiger partial charge in [-0.05, 0) is 24.6 Å². The molecule has 0 fully saturated rings. The first kappa shape index (κ1) is 9.07. The number of hydrazone groups is 1. The summed E-state index contributed by atoms with van der Waals surface area (Å²) >= 11 is 5.81. The zero-order valence-corrected chi connectivity index (χ0v) is 7.89. The predicted molar refractivity (Wildman–Crippen MR) is 52.7 cm³/mol. The van der Waals surface area contributed by atoms with Gasteiger partial charge in [-0.3, -0.25) is 0 Å². The summed E-state index contributed by atoms with van der Waals surface area (Å²) in [4.78, 5) is 0. The van der Waals surface area contributed by atoms with Crippen LogP contribution < -0.4 is 5.43 Å². The minimum absolute atomic E-state index is 0.734. The van der Waals surface area contributed by atoms with Gasteiger partial charge < -0.3 is 5.43 Å². The fourth-order valence-corrected chi connectivity index (χ4v) is 1.14. The van der Waals surface area contributed by atoms with Gasteiger partial charge in [0.2, 0.25) is 0 Å². The highest BCUT2D eigenvalue weighted by molar-refractivity contribution is 6.31. The van der Waals surface area contributed by atoms with E-state index in [4.69, 9.17) is 11.6 Å². The lowest BCUT2D eigenvalue weighted by Crippen LogP contribution is -2.02. The smallest absolute Gasteiger partial charge is 0.0644 e. The fraction of sp³-hybridized carbons (Fsp3) is 0.222. The minimum atomic E-state index is 0.734. The monoisotopic (exact) mass is 182 g/mol. The Morgan fingerprint density at radius 1 is 1.50 bits per heavy atom. The molecule has 1 N–H and O–H groups in total. The Kier molecular flexibility index (Phi) is 3.11. The van der Waals surface area contributed by atoms with E-state index in [1.807, 2.05) is 31.2 Å². The summed E-state index contributed by atoms with van der Waals surface area (Å²) in [7, 11) is 1.77. The number of nitrogens with zero attached hydrogens (tertiary/aromatic N) is 1. The minimum Gasteiger partial charge on any atom is -0.313 e. The zero-order chi connectivity index (χ0) is 8.97. The van der Waals surface area contributed by atoms with Crippen molar-refractivity contribution in [2.45, 2.75) is 6.92 Å². The van der Waals surface area contributed by atoms with Crippen molar-refractivity contribution in [2.24, 2.45) is 5.10 Å². The van der Waals surface area contributed by atoms with Crippen molar-refractivity contribution in [3.63, 3.8) is 0 Å². The van der Waals surface area contributed by atoms with Crippen LogP contribution in [0, 0.1) is 0 Å². The van der Waals surface area contributed by atoms with Crippen LogP contribution in [0.15, 0.2) is 29.4 Å². The maximum Gasteiger partial charge on any atom is 0.0644 e. The predicted octanol–water partition coefficient (Wildman–Crippen LogP) is 2.28. The van der Waals surface area contributed by atoms with Gasteiger partial charge in [0.1, 0.15) is 0 Å². The lowest BCUT2D eigenvalue weighted by Gasteiger charge is -1.99. The molecule has 2 nitrogen and oxygen atoms in total. The molecule has 1 aromatic rings. The van der Waals surface area contributed by atoms with E-state index in [1.54, 1.807) is 7.05 Å². The molecule has 0 spiro atoms. The van der Waals surface area contributed by atoms with Crippen LogP contribution in [0.4, 0.5) is 0 Å². The van der Waals surface area contributed by atoms with Gasteiger partial charge in [-0.15, -0.1) is 0 Å². The number of hydrogen-bond donors (Lipinski definition) is 1. The molecule has 12 heavy (non-hydrogen) atoms. The van der Waals surface area contributed by atoms with Crippen LogP contribution in [0.25, 0.3) is 0 Å². The van der Waals surface area contributed by atoms with Crippen LogP contribution in [0.5, 0.6) is 0 Å². The second-order valence-electron chi connectivity index (χ2n) is 2.43. The van der Waals surface area contributed by atoms with Gasteiger partial charge in [0.25, 0.3) is 0 Å². The lowest BCUT2D eigenvalue weighted by atomic mass is 10.1. The number of hydrogen-bond acceptors (Lipinski definition) is 2. The van der Waals surface area contributed by atoms with Crippen molar-refractivity contribution in [3.8, 4) is 0 Å². The Morgan fingerprint density at radius 2 is 2.25 bits per heavy atom. The van der Waals surface area contributed by atoms with Gasteiger partial charge in [-0.2, -0.15) is 5.10 Å². The second kappa shape index (κ2) is 4.12. The molecule has 0 saturated carbocycles. The van der Waals surface area contributed by atoms with E-state index in [2.05, 4.69) is 10.5 Å². The zero-order valence-electron chi connectivity index (χ0n) is 7.13. The van der Waals surface area contributed by atoms with E-state index >= 15 is 0 Å². The number of rotatable bonds is 2. The van der Waals surface area contributed by atoms with Crippen LogP contribution in [-0.4, -0.2) is 12.8 Å². The molecule has 0 aliphatic heterocycles. The van der Waals surface area contributed by atoms with Gasteiger partial charge in [0, 0.05) is 12.1 Å². The van der Waals surface area contributed by atoms with E-state index in [1.165, 1.54) is 0 Å². The topological polar surface area (TPSA) is 24.4 Å². The molecule has 64 valence electrons. The first-order valence-corrected chi connectivity index (χ1v) is 4.09. The van der Waals surface area contributed by atoms with Crippen molar-refractivity contribution < 1.29 is 0 Å². The highest BCUT2D eigenvalue weighted by Gasteiger charge is 1.96. The van der Waals surface area contributed by atoms with E-state index in [-0.39, 0.29) is 0 Å². The number of halogens is 1. The lowest BCUT2D eigenvalue weighted by molar-refractivity contribution is 0.900. The summed E-state index contributed by atoms with van der Waals surface area (Å²) < 4.78 is 0. The van der Waals surface area contributed by atoms with Crippen LogP contribution in [-0.2, 0) is 0 Å². The first-order valence-electron chi connectivity index (χ1n) is 3.71. The molecule has 0 aliphatic rings. The normalized spacial score (nSPS) is 11.4. The number of nitrogens with one attached hydrogen (secondary N) is 1. The molecule has 0 amide bonds. The van der Waals surface area contributed by atoms with E-state index in [9.17, 15) is 0 Å². The van der Waals surface area contributed by atoms with Gasteiger partial charge in [-0.1, -0.05) is 23.7 Å². The quantitative estimate of drug-likeness (QED) is 0.551. The van der Waals surface area contributed by atoms with Crippen molar-refractivity contribution in [1.82, 2.24) is 5.43 Å². The molecule has 0 heterocycles. The maximum absolute atomic E-state index is 5.81. The molecule has 0 unspecified atom stereocenters. The van der Waals surface area contributed by atoms with Crippen LogP contribution in [0.1, 0.15) is 12.5 Å². The van der Waals surface area contributed by atoms with Crippen molar-refractivity contribution >= 4 is 17.3 Å². The molecule has 0 aliphatic carbocycles.